The summed E-state index contributed by atoms with van der Waals surface area (Å²) in [7, 11) is 1.26. The zero-order valence-electron chi connectivity index (χ0n) is 15.1. The molecule has 0 radical (unpaired) electrons. The molecule has 1 fully saturated rings. The monoisotopic (exact) mass is 401 g/mol. The number of methoxy groups -OCH3 is 1. The van der Waals surface area contributed by atoms with Gasteiger partial charge in [0.25, 0.3) is 5.91 Å². The molecule has 0 spiro atoms. The SMILES string of the molecule is COC(=O)c1sccc1NC(=O)C[C@H]1C(=O)NCCN1C(=O)c1ccccc1. The molecule has 1 aromatic carbocycles. The Morgan fingerprint density at radius 2 is 2.00 bits per heavy atom. The van der Waals surface area contributed by atoms with Crippen LogP contribution in [0.4, 0.5) is 5.69 Å². The van der Waals surface area contributed by atoms with Crippen LogP contribution in [0.3, 0.4) is 0 Å². The molecule has 0 unspecified atom stereocenters. The molecular weight excluding hydrogens is 382 g/mol. The normalized spacial score (nSPS) is 16.2. The summed E-state index contributed by atoms with van der Waals surface area (Å²) in [6.45, 7) is 0.635. The van der Waals surface area contributed by atoms with E-state index < -0.39 is 17.9 Å². The molecule has 0 bridgehead atoms. The molecule has 1 aromatic heterocycles. The number of piperazine rings is 1. The molecular formula is C19H19N3O5S. The number of hydrogen-bond donors (Lipinski definition) is 2. The van der Waals surface area contributed by atoms with Crippen LogP contribution < -0.4 is 10.6 Å². The van der Waals surface area contributed by atoms with Crippen LogP contribution in [0.25, 0.3) is 0 Å². The molecule has 3 rings (SSSR count). The molecule has 146 valence electrons. The number of esters is 1. The van der Waals surface area contributed by atoms with Crippen LogP contribution >= 0.6 is 11.3 Å². The van der Waals surface area contributed by atoms with Gasteiger partial charge in [0.15, 0.2) is 0 Å². The van der Waals surface area contributed by atoms with Gasteiger partial charge < -0.3 is 20.3 Å². The van der Waals surface area contributed by atoms with Crippen LogP contribution in [0.5, 0.6) is 0 Å². The Balaban J connectivity index is 1.74. The fraction of sp³-hybridized carbons (Fsp3) is 0.263. The maximum absolute atomic E-state index is 12.8. The van der Waals surface area contributed by atoms with E-state index in [0.717, 1.165) is 11.3 Å². The van der Waals surface area contributed by atoms with Gasteiger partial charge in [-0.15, -0.1) is 11.3 Å². The molecule has 1 atom stereocenters. The first-order valence-corrected chi connectivity index (χ1v) is 9.48. The Kier molecular flexibility index (Phi) is 6.05. The van der Waals surface area contributed by atoms with Gasteiger partial charge in [-0.25, -0.2) is 4.79 Å². The zero-order chi connectivity index (χ0) is 20.1. The average Bonchev–Trinajstić information content (AvgIpc) is 3.17. The van der Waals surface area contributed by atoms with Gasteiger partial charge in [-0.2, -0.15) is 0 Å². The molecule has 2 N–H and O–H groups in total. The minimum atomic E-state index is -0.929. The molecule has 1 aliphatic heterocycles. The summed E-state index contributed by atoms with van der Waals surface area (Å²) in [6, 6.07) is 9.27. The molecule has 2 aromatic rings. The summed E-state index contributed by atoms with van der Waals surface area (Å²) in [6.07, 6.45) is -0.221. The molecule has 8 nitrogen and oxygen atoms in total. The number of hydrogen-bond acceptors (Lipinski definition) is 6. The predicted molar refractivity (Wildman–Crippen MR) is 103 cm³/mol. The van der Waals surface area contributed by atoms with E-state index in [1.807, 2.05) is 0 Å². The van der Waals surface area contributed by atoms with Gasteiger partial charge in [-0.1, -0.05) is 18.2 Å². The lowest BCUT2D eigenvalue weighted by Crippen LogP contribution is -2.58. The highest BCUT2D eigenvalue weighted by Gasteiger charge is 2.35. The van der Waals surface area contributed by atoms with E-state index in [9.17, 15) is 19.2 Å². The summed E-state index contributed by atoms with van der Waals surface area (Å²) in [5.41, 5.74) is 0.771. The van der Waals surface area contributed by atoms with Crippen LogP contribution in [-0.2, 0) is 14.3 Å². The highest BCUT2D eigenvalue weighted by atomic mass is 32.1. The number of nitrogens with zero attached hydrogens (tertiary/aromatic N) is 1. The minimum Gasteiger partial charge on any atom is -0.465 e. The lowest BCUT2D eigenvalue weighted by atomic mass is 10.1. The van der Waals surface area contributed by atoms with Crippen molar-refractivity contribution < 1.29 is 23.9 Å². The summed E-state index contributed by atoms with van der Waals surface area (Å²) >= 11 is 1.14. The van der Waals surface area contributed by atoms with Gasteiger partial charge in [-0.3, -0.25) is 14.4 Å². The molecule has 28 heavy (non-hydrogen) atoms. The fourth-order valence-corrected chi connectivity index (χ4v) is 3.71. The quantitative estimate of drug-likeness (QED) is 0.739. The zero-order valence-corrected chi connectivity index (χ0v) is 16.0. The number of nitrogens with one attached hydrogen (secondary N) is 2. The number of rotatable bonds is 5. The first-order chi connectivity index (χ1) is 13.5. The summed E-state index contributed by atoms with van der Waals surface area (Å²) in [5.74, 6) is -1.72. The predicted octanol–water partition coefficient (Wildman–Crippen LogP) is 1.50. The second-order valence-corrected chi connectivity index (χ2v) is 6.99. The van der Waals surface area contributed by atoms with Crippen molar-refractivity contribution in [3.8, 4) is 0 Å². The van der Waals surface area contributed by atoms with Crippen LogP contribution in [0.15, 0.2) is 41.8 Å². The highest BCUT2D eigenvalue weighted by molar-refractivity contribution is 7.12. The van der Waals surface area contributed by atoms with Gasteiger partial charge >= 0.3 is 5.97 Å². The number of amides is 3. The third-order valence-corrected chi connectivity index (χ3v) is 5.20. The van der Waals surface area contributed by atoms with Gasteiger partial charge in [0.2, 0.25) is 11.8 Å². The lowest BCUT2D eigenvalue weighted by Gasteiger charge is -2.34. The molecule has 1 aliphatic rings. The van der Waals surface area contributed by atoms with E-state index in [4.69, 9.17) is 0 Å². The van der Waals surface area contributed by atoms with Gasteiger partial charge in [0.1, 0.15) is 10.9 Å². The molecule has 1 saturated heterocycles. The third kappa shape index (κ3) is 4.20. The number of carbonyl (C=O) groups is 4. The van der Waals surface area contributed by atoms with Crippen molar-refractivity contribution in [2.24, 2.45) is 0 Å². The lowest BCUT2D eigenvalue weighted by molar-refractivity contribution is -0.131. The van der Waals surface area contributed by atoms with E-state index in [2.05, 4.69) is 15.4 Å². The Hall–Kier alpha value is -3.20. The van der Waals surface area contributed by atoms with Crippen LogP contribution in [0, 0.1) is 0 Å². The average molecular weight is 401 g/mol. The van der Waals surface area contributed by atoms with E-state index in [1.165, 1.54) is 12.0 Å². The Morgan fingerprint density at radius 3 is 2.71 bits per heavy atom. The summed E-state index contributed by atoms with van der Waals surface area (Å²) in [5, 5.41) is 6.97. The van der Waals surface area contributed by atoms with Gasteiger partial charge in [-0.05, 0) is 23.6 Å². The third-order valence-electron chi connectivity index (χ3n) is 4.30. The second-order valence-electron chi connectivity index (χ2n) is 6.08. The van der Waals surface area contributed by atoms with Crippen LogP contribution in [0.1, 0.15) is 26.5 Å². The van der Waals surface area contributed by atoms with Crippen molar-refractivity contribution in [2.45, 2.75) is 12.5 Å². The Bertz CT molecular complexity index is 896. The van der Waals surface area contributed by atoms with Crippen molar-refractivity contribution in [2.75, 3.05) is 25.5 Å². The van der Waals surface area contributed by atoms with Crippen LogP contribution in [0.2, 0.25) is 0 Å². The van der Waals surface area contributed by atoms with Gasteiger partial charge in [0.05, 0.1) is 19.2 Å². The van der Waals surface area contributed by atoms with Crippen LogP contribution in [-0.4, -0.2) is 54.8 Å². The standard InChI is InChI=1S/C19H19N3O5S/c1-27-19(26)16-13(7-10-28-16)21-15(23)11-14-17(24)20-8-9-22(14)18(25)12-5-3-2-4-6-12/h2-7,10,14H,8-9,11H2,1H3,(H,20,24)(H,21,23)/t14-/m0/s1. The smallest absolute Gasteiger partial charge is 0.350 e. The van der Waals surface area contributed by atoms with E-state index in [0.29, 0.717) is 24.3 Å². The maximum Gasteiger partial charge on any atom is 0.350 e. The Labute approximate surface area is 165 Å². The molecule has 0 aliphatic carbocycles. The number of carbonyl (C=O) groups excluding carboxylic acids is 4. The first kappa shape index (κ1) is 19.6. The highest BCUT2D eigenvalue weighted by Crippen LogP contribution is 2.24. The Morgan fingerprint density at radius 1 is 1.25 bits per heavy atom. The largest absolute Gasteiger partial charge is 0.465 e. The number of thiophene rings is 1. The topological polar surface area (TPSA) is 105 Å². The first-order valence-electron chi connectivity index (χ1n) is 8.60. The van der Waals surface area contributed by atoms with Gasteiger partial charge in [0, 0.05) is 18.7 Å². The fourth-order valence-electron chi connectivity index (χ4n) is 2.94. The molecule has 3 amide bonds. The second kappa shape index (κ2) is 8.66. The number of ether oxygens (including phenoxy) is 1. The summed E-state index contributed by atoms with van der Waals surface area (Å²) < 4.78 is 4.68. The van der Waals surface area contributed by atoms with Crippen molar-refractivity contribution in [1.29, 1.82) is 0 Å². The molecule has 2 heterocycles. The van der Waals surface area contributed by atoms with Crippen molar-refractivity contribution in [3.05, 3.63) is 52.2 Å². The molecule has 9 heteroatoms. The van der Waals surface area contributed by atoms with Crippen molar-refractivity contribution in [3.63, 3.8) is 0 Å². The van der Waals surface area contributed by atoms with Crippen molar-refractivity contribution >= 4 is 40.7 Å². The van der Waals surface area contributed by atoms with E-state index in [1.54, 1.807) is 41.8 Å². The number of benzene rings is 1. The maximum atomic E-state index is 12.8. The number of anilines is 1. The summed E-state index contributed by atoms with van der Waals surface area (Å²) in [4.78, 5) is 51.1. The minimum absolute atomic E-state index is 0.221. The van der Waals surface area contributed by atoms with Crippen molar-refractivity contribution in [1.82, 2.24) is 10.2 Å². The molecule has 0 saturated carbocycles. The van der Waals surface area contributed by atoms with E-state index >= 15 is 0 Å². The van der Waals surface area contributed by atoms with E-state index in [-0.39, 0.29) is 23.1 Å².